The molecule has 3 nitrogen and oxygen atoms in total. The van der Waals surface area contributed by atoms with Crippen LogP contribution in [0.4, 0.5) is 4.39 Å². The van der Waals surface area contributed by atoms with Crippen LogP contribution in [-0.4, -0.2) is 17.9 Å². The maximum absolute atomic E-state index is 13.6. The molecule has 5 heteroatoms. The monoisotopic (exact) mass is 301 g/mol. The van der Waals surface area contributed by atoms with E-state index in [0.717, 1.165) is 10.2 Å². The highest BCUT2D eigenvalue weighted by molar-refractivity contribution is 7.17. The highest BCUT2D eigenvalue weighted by Gasteiger charge is 2.11. The van der Waals surface area contributed by atoms with Gasteiger partial charge in [-0.15, -0.1) is 11.3 Å². The number of carbonyl (C=O) groups excluding carboxylic acids is 1. The number of aromatic nitrogens is 1. The number of ether oxygens (including phenoxy) is 1. The second-order valence-electron chi connectivity index (χ2n) is 4.60. The fraction of sp³-hybridized carbons (Fsp3) is 0.125. The molecule has 0 atom stereocenters. The first kappa shape index (κ1) is 13.7. The van der Waals surface area contributed by atoms with E-state index in [1.807, 2.05) is 17.5 Å². The summed E-state index contributed by atoms with van der Waals surface area (Å²) >= 11 is 1.54. The Labute approximate surface area is 125 Å². The van der Waals surface area contributed by atoms with Crippen LogP contribution in [0.2, 0.25) is 0 Å². The lowest BCUT2D eigenvalue weighted by Crippen LogP contribution is -2.04. The van der Waals surface area contributed by atoms with E-state index in [9.17, 15) is 9.18 Å². The van der Waals surface area contributed by atoms with Crippen molar-refractivity contribution in [2.45, 2.75) is 6.42 Å². The summed E-state index contributed by atoms with van der Waals surface area (Å²) in [4.78, 5) is 16.5. The van der Waals surface area contributed by atoms with E-state index >= 15 is 0 Å². The highest BCUT2D eigenvalue weighted by Crippen LogP contribution is 2.22. The van der Waals surface area contributed by atoms with E-state index < -0.39 is 5.82 Å². The Kier molecular flexibility index (Phi) is 3.66. The first-order chi connectivity index (χ1) is 10.2. The zero-order valence-electron chi connectivity index (χ0n) is 11.3. The van der Waals surface area contributed by atoms with Gasteiger partial charge in [0.15, 0.2) is 17.3 Å². The summed E-state index contributed by atoms with van der Waals surface area (Å²) < 4.78 is 19.5. The molecule has 0 amide bonds. The minimum absolute atomic E-state index is 0.0811. The summed E-state index contributed by atoms with van der Waals surface area (Å²) in [5, 5.41) is 1.94. The molecule has 1 aromatic carbocycles. The van der Waals surface area contributed by atoms with Crippen LogP contribution in [0.5, 0.6) is 5.75 Å². The van der Waals surface area contributed by atoms with E-state index in [4.69, 9.17) is 4.74 Å². The van der Waals surface area contributed by atoms with Crippen molar-refractivity contribution >= 4 is 27.3 Å². The lowest BCUT2D eigenvalue weighted by Gasteiger charge is -2.05. The van der Waals surface area contributed by atoms with Crippen molar-refractivity contribution in [2.75, 3.05) is 7.11 Å². The molecule has 0 saturated carbocycles. The highest BCUT2D eigenvalue weighted by atomic mass is 32.1. The van der Waals surface area contributed by atoms with Crippen molar-refractivity contribution in [2.24, 2.45) is 0 Å². The van der Waals surface area contributed by atoms with Gasteiger partial charge < -0.3 is 4.74 Å². The van der Waals surface area contributed by atoms with Gasteiger partial charge in [-0.2, -0.15) is 0 Å². The zero-order chi connectivity index (χ0) is 14.8. The van der Waals surface area contributed by atoms with Gasteiger partial charge in [-0.25, -0.2) is 4.39 Å². The number of Topliss-reactive ketones (excluding diaryl/α,β-unsaturated/α-hetero) is 1. The third-order valence-electron chi connectivity index (χ3n) is 3.21. The number of thiophene rings is 1. The predicted molar refractivity (Wildman–Crippen MR) is 80.6 cm³/mol. The number of methoxy groups -OCH3 is 1. The number of ketones is 1. The smallest absolute Gasteiger partial charge is 0.168 e. The topological polar surface area (TPSA) is 39.2 Å². The number of benzene rings is 1. The maximum atomic E-state index is 13.6. The van der Waals surface area contributed by atoms with Crippen LogP contribution < -0.4 is 4.74 Å². The van der Waals surface area contributed by atoms with E-state index in [0.29, 0.717) is 11.1 Å². The summed E-state index contributed by atoms with van der Waals surface area (Å²) in [6, 6.07) is 8.28. The average molecular weight is 301 g/mol. The molecule has 0 radical (unpaired) electrons. The van der Waals surface area contributed by atoms with Crippen molar-refractivity contribution in [1.29, 1.82) is 0 Å². The number of pyridine rings is 1. The Bertz CT molecular complexity index is 813. The number of rotatable bonds is 4. The Morgan fingerprint density at radius 3 is 2.95 bits per heavy atom. The van der Waals surface area contributed by atoms with E-state index in [1.165, 1.54) is 19.2 Å². The molecule has 106 valence electrons. The fourth-order valence-corrected chi connectivity index (χ4v) is 2.89. The Hall–Kier alpha value is -2.27. The molecular formula is C16H12FNO2S. The van der Waals surface area contributed by atoms with Crippen LogP contribution in [0.25, 0.3) is 10.2 Å². The third-order valence-corrected chi connectivity index (χ3v) is 4.06. The first-order valence-electron chi connectivity index (χ1n) is 6.36. The van der Waals surface area contributed by atoms with Crippen molar-refractivity contribution in [3.05, 3.63) is 58.9 Å². The minimum Gasteiger partial charge on any atom is -0.494 e. The average Bonchev–Trinajstić information content (AvgIpc) is 2.94. The van der Waals surface area contributed by atoms with Crippen LogP contribution in [-0.2, 0) is 6.42 Å². The van der Waals surface area contributed by atoms with Crippen molar-refractivity contribution in [3.8, 4) is 5.75 Å². The van der Waals surface area contributed by atoms with Gasteiger partial charge >= 0.3 is 0 Å². The largest absolute Gasteiger partial charge is 0.494 e. The fourth-order valence-electron chi connectivity index (χ4n) is 2.11. The van der Waals surface area contributed by atoms with Crippen LogP contribution in [0, 0.1) is 5.82 Å². The van der Waals surface area contributed by atoms with Gasteiger partial charge in [0, 0.05) is 18.2 Å². The van der Waals surface area contributed by atoms with Crippen LogP contribution in [0.3, 0.4) is 0 Å². The molecule has 3 rings (SSSR count). The van der Waals surface area contributed by atoms with Crippen molar-refractivity contribution in [3.63, 3.8) is 0 Å². The van der Waals surface area contributed by atoms with Crippen LogP contribution >= 0.6 is 11.3 Å². The summed E-state index contributed by atoms with van der Waals surface area (Å²) in [6.07, 6.45) is 1.71. The first-order valence-corrected chi connectivity index (χ1v) is 7.24. The van der Waals surface area contributed by atoms with Gasteiger partial charge in [-0.05, 0) is 35.2 Å². The molecule has 0 fully saturated rings. The van der Waals surface area contributed by atoms with Crippen LogP contribution in [0.1, 0.15) is 15.9 Å². The SMILES string of the molecule is COc1ccc(CC(=O)c2cnc3ccsc3c2)cc1F. The molecule has 0 N–H and O–H groups in total. The predicted octanol–water partition coefficient (Wildman–Crippen LogP) is 3.87. The molecule has 2 heterocycles. The summed E-state index contributed by atoms with van der Waals surface area (Å²) in [5.74, 6) is -0.370. The van der Waals surface area contributed by atoms with Gasteiger partial charge in [-0.3, -0.25) is 9.78 Å². The Balaban J connectivity index is 1.83. The van der Waals surface area contributed by atoms with Gasteiger partial charge in [-0.1, -0.05) is 6.07 Å². The van der Waals surface area contributed by atoms with Crippen molar-refractivity contribution in [1.82, 2.24) is 4.98 Å². The van der Waals surface area contributed by atoms with Gasteiger partial charge in [0.25, 0.3) is 0 Å². The quantitative estimate of drug-likeness (QED) is 0.687. The molecule has 0 saturated heterocycles. The molecule has 0 aliphatic carbocycles. The molecule has 0 unspecified atom stereocenters. The van der Waals surface area contributed by atoms with Gasteiger partial charge in [0.1, 0.15) is 0 Å². The van der Waals surface area contributed by atoms with E-state index in [1.54, 1.807) is 23.6 Å². The minimum atomic E-state index is -0.463. The maximum Gasteiger partial charge on any atom is 0.168 e. The second-order valence-corrected chi connectivity index (χ2v) is 5.54. The number of hydrogen-bond donors (Lipinski definition) is 0. The molecule has 0 aliphatic rings. The standard InChI is InChI=1S/C16H12FNO2S/c1-20-15-3-2-10(6-12(15)17)7-14(19)11-8-16-13(18-9-11)4-5-21-16/h2-6,8-9H,7H2,1H3. The normalized spacial score (nSPS) is 10.8. The number of fused-ring (bicyclic) bond motifs is 1. The zero-order valence-corrected chi connectivity index (χ0v) is 12.1. The van der Waals surface area contributed by atoms with E-state index in [2.05, 4.69) is 4.98 Å². The molecule has 0 bridgehead atoms. The second kappa shape index (κ2) is 5.61. The molecular weight excluding hydrogens is 289 g/mol. The third kappa shape index (κ3) is 2.78. The lowest BCUT2D eigenvalue weighted by atomic mass is 10.0. The Morgan fingerprint density at radius 1 is 1.33 bits per heavy atom. The van der Waals surface area contributed by atoms with Gasteiger partial charge in [0.2, 0.25) is 0 Å². The number of halogens is 1. The number of nitrogens with zero attached hydrogens (tertiary/aromatic N) is 1. The van der Waals surface area contributed by atoms with Gasteiger partial charge in [0.05, 0.1) is 17.3 Å². The van der Waals surface area contributed by atoms with Crippen molar-refractivity contribution < 1.29 is 13.9 Å². The summed E-state index contributed by atoms with van der Waals surface area (Å²) in [7, 11) is 1.41. The molecule has 2 aromatic heterocycles. The lowest BCUT2D eigenvalue weighted by molar-refractivity contribution is 0.0992. The summed E-state index contributed by atoms with van der Waals surface area (Å²) in [5.41, 5.74) is 2.04. The molecule has 0 aliphatic heterocycles. The molecule has 3 aromatic rings. The Morgan fingerprint density at radius 2 is 2.19 bits per heavy atom. The number of carbonyl (C=O) groups is 1. The summed E-state index contributed by atoms with van der Waals surface area (Å²) in [6.45, 7) is 0. The molecule has 21 heavy (non-hydrogen) atoms. The number of hydrogen-bond acceptors (Lipinski definition) is 4. The van der Waals surface area contributed by atoms with Crippen LogP contribution in [0.15, 0.2) is 41.9 Å². The van der Waals surface area contributed by atoms with E-state index in [-0.39, 0.29) is 18.0 Å². The molecule has 0 spiro atoms.